The largest absolute Gasteiger partial charge is 0.423 e. The van der Waals surface area contributed by atoms with Crippen molar-refractivity contribution in [3.63, 3.8) is 0 Å². The number of likely N-dealkylation sites (N-methyl/N-ethyl adjacent to an activating group) is 1. The molecule has 1 aliphatic carbocycles. The molecule has 1 amide bonds. The van der Waals surface area contributed by atoms with Gasteiger partial charge in [-0.15, -0.1) is 0 Å². The fourth-order valence-corrected chi connectivity index (χ4v) is 3.47. The number of fused-ring (bicyclic) bond motifs is 1. The van der Waals surface area contributed by atoms with E-state index >= 15 is 0 Å². The summed E-state index contributed by atoms with van der Waals surface area (Å²) in [6.07, 6.45) is 5.82. The topological polar surface area (TPSA) is 58.4 Å². The van der Waals surface area contributed by atoms with Gasteiger partial charge >= 0.3 is 0 Å². The lowest BCUT2D eigenvalue weighted by atomic mass is 9.93. The predicted molar refractivity (Wildman–Crippen MR) is 91.6 cm³/mol. The Morgan fingerprint density at radius 1 is 1.35 bits per heavy atom. The van der Waals surface area contributed by atoms with Crippen LogP contribution in [0, 0.1) is 6.92 Å². The summed E-state index contributed by atoms with van der Waals surface area (Å²) in [6.45, 7) is 3.97. The van der Waals surface area contributed by atoms with Gasteiger partial charge in [0.1, 0.15) is 11.6 Å². The number of nitrogens with zero attached hydrogens (tertiary/aromatic N) is 2. The lowest BCUT2D eigenvalue weighted by Gasteiger charge is -2.36. The average molecular weight is 315 g/mol. The van der Waals surface area contributed by atoms with E-state index in [-0.39, 0.29) is 11.9 Å². The van der Waals surface area contributed by atoms with Crippen LogP contribution in [0.25, 0.3) is 11.1 Å². The van der Waals surface area contributed by atoms with Gasteiger partial charge in [-0.25, -0.2) is 0 Å². The van der Waals surface area contributed by atoms with Gasteiger partial charge in [0.15, 0.2) is 5.58 Å². The van der Waals surface area contributed by atoms with Gasteiger partial charge in [0.05, 0.1) is 0 Å². The zero-order valence-corrected chi connectivity index (χ0v) is 14.1. The SMILES string of the molecule is CNC(=O)[C@H](C)N(c1nc2cc(C)ccc2o1)C1CCCCC1. The molecule has 124 valence electrons. The zero-order chi connectivity index (χ0) is 16.4. The molecule has 1 aromatic heterocycles. The minimum absolute atomic E-state index is 0.00555. The molecule has 23 heavy (non-hydrogen) atoms. The summed E-state index contributed by atoms with van der Waals surface area (Å²) < 4.78 is 5.99. The fourth-order valence-electron chi connectivity index (χ4n) is 3.47. The van der Waals surface area contributed by atoms with E-state index in [1.807, 2.05) is 32.0 Å². The second-order valence-corrected chi connectivity index (χ2v) is 6.46. The lowest BCUT2D eigenvalue weighted by molar-refractivity contribution is -0.121. The van der Waals surface area contributed by atoms with E-state index in [2.05, 4.69) is 15.2 Å². The van der Waals surface area contributed by atoms with Crippen molar-refractivity contribution in [2.75, 3.05) is 11.9 Å². The van der Waals surface area contributed by atoms with Crippen LogP contribution in [0.2, 0.25) is 0 Å². The van der Waals surface area contributed by atoms with Crippen LogP contribution in [-0.4, -0.2) is 30.0 Å². The van der Waals surface area contributed by atoms with E-state index in [1.54, 1.807) is 7.05 Å². The molecule has 1 aromatic carbocycles. The first-order valence-corrected chi connectivity index (χ1v) is 8.47. The molecule has 2 aromatic rings. The van der Waals surface area contributed by atoms with Crippen molar-refractivity contribution in [1.82, 2.24) is 10.3 Å². The Hall–Kier alpha value is -2.04. The Morgan fingerprint density at radius 3 is 2.78 bits per heavy atom. The molecule has 1 N–H and O–H groups in total. The minimum atomic E-state index is -0.294. The van der Waals surface area contributed by atoms with Crippen LogP contribution in [0.4, 0.5) is 6.01 Å². The molecule has 0 spiro atoms. The number of rotatable bonds is 4. The van der Waals surface area contributed by atoms with Gasteiger partial charge in [-0.1, -0.05) is 25.3 Å². The molecule has 0 radical (unpaired) electrons. The highest BCUT2D eigenvalue weighted by molar-refractivity contribution is 5.84. The monoisotopic (exact) mass is 315 g/mol. The van der Waals surface area contributed by atoms with Gasteiger partial charge < -0.3 is 14.6 Å². The first-order valence-electron chi connectivity index (χ1n) is 8.47. The number of benzene rings is 1. The van der Waals surface area contributed by atoms with Gasteiger partial charge in [0.2, 0.25) is 5.91 Å². The van der Waals surface area contributed by atoms with Crippen LogP contribution in [-0.2, 0) is 4.79 Å². The van der Waals surface area contributed by atoms with E-state index in [9.17, 15) is 4.79 Å². The Balaban J connectivity index is 1.99. The second-order valence-electron chi connectivity index (χ2n) is 6.46. The Kier molecular flexibility index (Phi) is 4.55. The Morgan fingerprint density at radius 2 is 2.09 bits per heavy atom. The molecule has 0 aliphatic heterocycles. The molecular formula is C18H25N3O2. The molecule has 0 saturated heterocycles. The molecule has 0 unspecified atom stereocenters. The van der Waals surface area contributed by atoms with Crippen molar-refractivity contribution in [3.8, 4) is 0 Å². The van der Waals surface area contributed by atoms with Crippen molar-refractivity contribution in [1.29, 1.82) is 0 Å². The number of carbonyl (C=O) groups is 1. The fraction of sp³-hybridized carbons (Fsp3) is 0.556. The van der Waals surface area contributed by atoms with Crippen LogP contribution in [0.3, 0.4) is 0 Å². The number of amides is 1. The number of oxazole rings is 1. The van der Waals surface area contributed by atoms with Crippen molar-refractivity contribution < 1.29 is 9.21 Å². The minimum Gasteiger partial charge on any atom is -0.423 e. The number of nitrogens with one attached hydrogen (secondary N) is 1. The summed E-state index contributed by atoms with van der Waals surface area (Å²) in [5.41, 5.74) is 2.78. The quantitative estimate of drug-likeness (QED) is 0.939. The molecule has 1 heterocycles. The number of aromatic nitrogens is 1. The van der Waals surface area contributed by atoms with E-state index in [4.69, 9.17) is 4.42 Å². The maximum absolute atomic E-state index is 12.2. The van der Waals surface area contributed by atoms with E-state index in [0.717, 1.165) is 29.5 Å². The first-order chi connectivity index (χ1) is 11.1. The van der Waals surface area contributed by atoms with E-state index in [0.29, 0.717) is 12.1 Å². The van der Waals surface area contributed by atoms with Crippen molar-refractivity contribution in [2.24, 2.45) is 0 Å². The molecule has 0 bridgehead atoms. The molecule has 1 fully saturated rings. The van der Waals surface area contributed by atoms with Gasteiger partial charge in [0.25, 0.3) is 6.01 Å². The molecular weight excluding hydrogens is 290 g/mol. The standard InChI is InChI=1S/C18H25N3O2/c1-12-9-10-16-15(11-12)20-18(23-16)21(13(2)17(22)19-3)14-7-5-4-6-8-14/h9-11,13-14H,4-8H2,1-3H3,(H,19,22)/t13-/m0/s1. The predicted octanol–water partition coefficient (Wildman–Crippen LogP) is 3.41. The molecule has 1 atom stereocenters. The van der Waals surface area contributed by atoms with Crippen LogP contribution < -0.4 is 10.2 Å². The summed E-state index contributed by atoms with van der Waals surface area (Å²) >= 11 is 0. The first kappa shape index (κ1) is 15.8. The van der Waals surface area contributed by atoms with Gasteiger partial charge in [-0.2, -0.15) is 4.98 Å². The maximum Gasteiger partial charge on any atom is 0.299 e. The summed E-state index contributed by atoms with van der Waals surface area (Å²) in [6, 6.07) is 6.57. The summed E-state index contributed by atoms with van der Waals surface area (Å²) in [5, 5.41) is 2.75. The third kappa shape index (κ3) is 3.19. The number of carbonyl (C=O) groups excluding carboxylic acids is 1. The highest BCUT2D eigenvalue weighted by Gasteiger charge is 2.32. The second kappa shape index (κ2) is 6.60. The third-order valence-electron chi connectivity index (χ3n) is 4.76. The third-order valence-corrected chi connectivity index (χ3v) is 4.76. The van der Waals surface area contributed by atoms with Gasteiger partial charge in [-0.05, 0) is 44.4 Å². The van der Waals surface area contributed by atoms with Crippen molar-refractivity contribution >= 4 is 23.0 Å². The van der Waals surface area contributed by atoms with E-state index in [1.165, 1.54) is 19.3 Å². The van der Waals surface area contributed by atoms with Gasteiger partial charge in [0, 0.05) is 13.1 Å². The molecule has 5 nitrogen and oxygen atoms in total. The molecule has 5 heteroatoms. The van der Waals surface area contributed by atoms with Crippen molar-refractivity contribution in [3.05, 3.63) is 23.8 Å². The summed E-state index contributed by atoms with van der Waals surface area (Å²) in [5.74, 6) is -0.00555. The number of aryl methyl sites for hydroxylation is 1. The van der Waals surface area contributed by atoms with Gasteiger partial charge in [-0.3, -0.25) is 4.79 Å². The van der Waals surface area contributed by atoms with Crippen LogP contribution in [0.15, 0.2) is 22.6 Å². The smallest absolute Gasteiger partial charge is 0.299 e. The highest BCUT2D eigenvalue weighted by Crippen LogP contribution is 2.31. The normalized spacial score (nSPS) is 17.2. The maximum atomic E-state index is 12.2. The highest BCUT2D eigenvalue weighted by atomic mass is 16.4. The number of hydrogen-bond donors (Lipinski definition) is 1. The van der Waals surface area contributed by atoms with Crippen LogP contribution >= 0.6 is 0 Å². The molecule has 1 saturated carbocycles. The Bertz CT molecular complexity index is 689. The number of hydrogen-bond acceptors (Lipinski definition) is 4. The molecule has 3 rings (SSSR count). The van der Waals surface area contributed by atoms with Crippen molar-refractivity contribution in [2.45, 2.75) is 58.0 Å². The summed E-state index contributed by atoms with van der Waals surface area (Å²) in [7, 11) is 1.67. The van der Waals surface area contributed by atoms with E-state index < -0.39 is 0 Å². The van der Waals surface area contributed by atoms with Crippen LogP contribution in [0.5, 0.6) is 0 Å². The Labute approximate surface area is 137 Å². The zero-order valence-electron chi connectivity index (χ0n) is 14.1. The van der Waals surface area contributed by atoms with Crippen LogP contribution in [0.1, 0.15) is 44.6 Å². The lowest BCUT2D eigenvalue weighted by Crippen LogP contribution is -2.50. The number of anilines is 1. The molecule has 1 aliphatic rings. The average Bonchev–Trinajstić information content (AvgIpc) is 2.97. The summed E-state index contributed by atoms with van der Waals surface area (Å²) in [4.78, 5) is 19.0.